The molecule has 6 heteroatoms. The number of hydrogen-bond acceptors (Lipinski definition) is 4. The largest absolute Gasteiger partial charge is 0.495 e. The Morgan fingerprint density at radius 3 is 2.38 bits per heavy atom. The summed E-state index contributed by atoms with van der Waals surface area (Å²) in [7, 11) is -2.39. The molecule has 3 N–H and O–H groups in total. The summed E-state index contributed by atoms with van der Waals surface area (Å²) in [6.07, 6.45) is 0.684. The van der Waals surface area contributed by atoms with Gasteiger partial charge in [0, 0.05) is 12.1 Å². The van der Waals surface area contributed by atoms with Gasteiger partial charge < -0.3 is 10.1 Å². The molecule has 0 heterocycles. The number of rotatable bonds is 7. The predicted molar refractivity (Wildman–Crippen MR) is 95.5 cm³/mol. The van der Waals surface area contributed by atoms with Gasteiger partial charge in [-0.05, 0) is 43.5 Å². The number of primary sulfonamides is 1. The molecule has 5 nitrogen and oxygen atoms in total. The zero-order valence-corrected chi connectivity index (χ0v) is 15.0. The van der Waals surface area contributed by atoms with Gasteiger partial charge in [-0.3, -0.25) is 0 Å². The van der Waals surface area contributed by atoms with E-state index in [-0.39, 0.29) is 22.7 Å². The van der Waals surface area contributed by atoms with E-state index in [9.17, 15) is 8.42 Å². The Balaban J connectivity index is 2.10. The van der Waals surface area contributed by atoms with E-state index in [4.69, 9.17) is 9.88 Å². The van der Waals surface area contributed by atoms with Crippen LogP contribution in [0, 0.1) is 0 Å². The highest BCUT2D eigenvalue weighted by atomic mass is 32.2. The molecule has 0 fully saturated rings. The Kier molecular flexibility index (Phi) is 5.99. The Morgan fingerprint density at radius 1 is 1.12 bits per heavy atom. The third-order valence-corrected chi connectivity index (χ3v) is 4.84. The van der Waals surface area contributed by atoms with Crippen molar-refractivity contribution in [2.75, 3.05) is 7.11 Å². The minimum Gasteiger partial charge on any atom is -0.495 e. The summed E-state index contributed by atoms with van der Waals surface area (Å²) in [5.74, 6) is 0.263. The van der Waals surface area contributed by atoms with Crippen molar-refractivity contribution < 1.29 is 13.2 Å². The standard InChI is InChI=1S/C18H24N2O3S/c1-13(20-14(2)16-7-5-4-6-8-16)11-15-9-10-17(23-3)18(12-15)24(19,21)22/h4-10,12-14,20H,11H2,1-3H3,(H2,19,21,22)/t13-,14+/m1/s1. The fourth-order valence-electron chi connectivity index (χ4n) is 2.75. The number of nitrogens with one attached hydrogen (secondary N) is 1. The van der Waals surface area contributed by atoms with Gasteiger partial charge in [-0.25, -0.2) is 13.6 Å². The second-order valence-corrected chi connectivity index (χ2v) is 7.46. The summed E-state index contributed by atoms with van der Waals surface area (Å²) >= 11 is 0. The molecule has 0 bridgehead atoms. The highest BCUT2D eigenvalue weighted by molar-refractivity contribution is 7.89. The smallest absolute Gasteiger partial charge is 0.241 e. The molecular weight excluding hydrogens is 324 g/mol. The molecule has 0 aliphatic carbocycles. The quantitative estimate of drug-likeness (QED) is 0.806. The number of hydrogen-bond donors (Lipinski definition) is 2. The molecule has 0 aromatic heterocycles. The summed E-state index contributed by atoms with van der Waals surface area (Å²) in [4.78, 5) is 0.0193. The van der Waals surface area contributed by atoms with Gasteiger partial charge in [0.15, 0.2) is 0 Å². The summed E-state index contributed by atoms with van der Waals surface area (Å²) in [6, 6.07) is 15.6. The van der Waals surface area contributed by atoms with Crippen LogP contribution in [-0.2, 0) is 16.4 Å². The van der Waals surface area contributed by atoms with E-state index in [1.165, 1.54) is 12.7 Å². The molecule has 0 saturated heterocycles. The van der Waals surface area contributed by atoms with Crippen molar-refractivity contribution in [3.63, 3.8) is 0 Å². The Bertz CT molecular complexity index is 776. The van der Waals surface area contributed by atoms with Crippen molar-refractivity contribution in [1.29, 1.82) is 0 Å². The molecular formula is C18H24N2O3S. The van der Waals surface area contributed by atoms with E-state index in [0.717, 1.165) is 5.56 Å². The third-order valence-electron chi connectivity index (χ3n) is 3.91. The zero-order chi connectivity index (χ0) is 17.7. The molecule has 2 rings (SSSR count). The SMILES string of the molecule is COc1ccc(C[C@@H](C)N[C@@H](C)c2ccccc2)cc1S(N)(=O)=O. The molecule has 0 unspecified atom stereocenters. The van der Waals surface area contributed by atoms with Crippen LogP contribution in [0.3, 0.4) is 0 Å². The first-order chi connectivity index (χ1) is 11.3. The van der Waals surface area contributed by atoms with Crippen molar-refractivity contribution in [2.24, 2.45) is 5.14 Å². The van der Waals surface area contributed by atoms with Crippen molar-refractivity contribution >= 4 is 10.0 Å². The molecule has 0 aliphatic heterocycles. The van der Waals surface area contributed by atoms with E-state index in [1.807, 2.05) is 24.3 Å². The normalized spacial score (nSPS) is 14.2. The van der Waals surface area contributed by atoms with Gasteiger partial charge in [0.1, 0.15) is 10.6 Å². The van der Waals surface area contributed by atoms with E-state index in [1.54, 1.807) is 12.1 Å². The molecule has 2 aromatic carbocycles. The summed E-state index contributed by atoms with van der Waals surface area (Å²) in [5, 5.41) is 8.79. The molecule has 130 valence electrons. The number of sulfonamides is 1. The Hall–Kier alpha value is -1.89. The number of methoxy groups -OCH3 is 1. The summed E-state index contributed by atoms with van der Waals surface area (Å²) < 4.78 is 28.5. The van der Waals surface area contributed by atoms with Crippen LogP contribution < -0.4 is 15.2 Å². The molecule has 0 spiro atoms. The number of ether oxygens (including phenoxy) is 1. The van der Waals surface area contributed by atoms with E-state index in [2.05, 4.69) is 31.3 Å². The van der Waals surface area contributed by atoms with Crippen LogP contribution in [0.25, 0.3) is 0 Å². The lowest BCUT2D eigenvalue weighted by Crippen LogP contribution is -2.30. The van der Waals surface area contributed by atoms with E-state index < -0.39 is 10.0 Å². The highest BCUT2D eigenvalue weighted by Gasteiger charge is 2.17. The first-order valence-electron chi connectivity index (χ1n) is 7.82. The minimum absolute atomic E-state index is 0.0193. The van der Waals surface area contributed by atoms with E-state index in [0.29, 0.717) is 6.42 Å². The Morgan fingerprint density at radius 2 is 1.79 bits per heavy atom. The first kappa shape index (κ1) is 18.4. The number of nitrogens with two attached hydrogens (primary N) is 1. The fraction of sp³-hybridized carbons (Fsp3) is 0.333. The van der Waals surface area contributed by atoms with Crippen LogP contribution in [0.5, 0.6) is 5.75 Å². The van der Waals surface area contributed by atoms with Gasteiger partial charge in [-0.15, -0.1) is 0 Å². The summed E-state index contributed by atoms with van der Waals surface area (Å²) in [6.45, 7) is 4.18. The van der Waals surface area contributed by atoms with Crippen LogP contribution in [-0.4, -0.2) is 21.6 Å². The zero-order valence-electron chi connectivity index (χ0n) is 14.2. The average Bonchev–Trinajstić information content (AvgIpc) is 2.54. The first-order valence-corrected chi connectivity index (χ1v) is 9.36. The Labute approximate surface area is 143 Å². The van der Waals surface area contributed by atoms with Crippen molar-refractivity contribution in [1.82, 2.24) is 5.32 Å². The van der Waals surface area contributed by atoms with Crippen LogP contribution >= 0.6 is 0 Å². The maximum Gasteiger partial charge on any atom is 0.241 e. The van der Waals surface area contributed by atoms with Crippen molar-refractivity contribution in [2.45, 2.75) is 37.2 Å². The van der Waals surface area contributed by atoms with Gasteiger partial charge >= 0.3 is 0 Å². The molecule has 2 aromatic rings. The monoisotopic (exact) mass is 348 g/mol. The average molecular weight is 348 g/mol. The van der Waals surface area contributed by atoms with Gasteiger partial charge in [-0.1, -0.05) is 36.4 Å². The second-order valence-electron chi connectivity index (χ2n) is 5.93. The van der Waals surface area contributed by atoms with Crippen molar-refractivity contribution in [3.8, 4) is 5.75 Å². The lowest BCUT2D eigenvalue weighted by Gasteiger charge is -2.21. The van der Waals surface area contributed by atoms with Crippen LogP contribution in [0.1, 0.15) is 31.0 Å². The molecule has 0 aliphatic rings. The molecule has 24 heavy (non-hydrogen) atoms. The molecule has 2 atom stereocenters. The van der Waals surface area contributed by atoms with Crippen LogP contribution in [0.15, 0.2) is 53.4 Å². The maximum atomic E-state index is 11.7. The van der Waals surface area contributed by atoms with Gasteiger partial charge in [0.2, 0.25) is 10.0 Å². The topological polar surface area (TPSA) is 81.4 Å². The van der Waals surface area contributed by atoms with Crippen molar-refractivity contribution in [3.05, 3.63) is 59.7 Å². The minimum atomic E-state index is -3.82. The molecule has 0 amide bonds. The van der Waals surface area contributed by atoms with Gasteiger partial charge in [-0.2, -0.15) is 0 Å². The van der Waals surface area contributed by atoms with Crippen LogP contribution in [0.2, 0.25) is 0 Å². The van der Waals surface area contributed by atoms with Gasteiger partial charge in [0.05, 0.1) is 7.11 Å². The maximum absolute atomic E-state index is 11.7. The second kappa shape index (κ2) is 7.79. The highest BCUT2D eigenvalue weighted by Crippen LogP contribution is 2.24. The third kappa shape index (κ3) is 4.80. The molecule has 0 radical (unpaired) electrons. The van der Waals surface area contributed by atoms with Crippen LogP contribution in [0.4, 0.5) is 0 Å². The van der Waals surface area contributed by atoms with E-state index >= 15 is 0 Å². The summed E-state index contributed by atoms with van der Waals surface area (Å²) in [5.41, 5.74) is 2.10. The lowest BCUT2D eigenvalue weighted by molar-refractivity contribution is 0.402. The van der Waals surface area contributed by atoms with Gasteiger partial charge in [0.25, 0.3) is 0 Å². The fourth-order valence-corrected chi connectivity index (χ4v) is 3.50. The lowest BCUT2D eigenvalue weighted by atomic mass is 10.0. The number of benzene rings is 2. The predicted octanol–water partition coefficient (Wildman–Crippen LogP) is 2.62. The molecule has 0 saturated carbocycles.